The van der Waals surface area contributed by atoms with Gasteiger partial charge in [0.15, 0.2) is 0 Å². The molecule has 0 radical (unpaired) electrons. The third kappa shape index (κ3) is 2.93. The van der Waals surface area contributed by atoms with Crippen molar-refractivity contribution < 1.29 is 9.84 Å². The molecule has 1 aromatic rings. The van der Waals surface area contributed by atoms with Crippen molar-refractivity contribution in [1.29, 1.82) is 5.26 Å². The van der Waals surface area contributed by atoms with Crippen molar-refractivity contribution in [3.8, 4) is 11.8 Å². The number of rotatable bonds is 5. The Hall–Kier alpha value is -1.60. The van der Waals surface area contributed by atoms with E-state index in [4.69, 9.17) is 15.1 Å². The van der Waals surface area contributed by atoms with Crippen molar-refractivity contribution in [2.75, 3.05) is 13.2 Å². The summed E-state index contributed by atoms with van der Waals surface area (Å²) in [5, 5.41) is 17.8. The minimum Gasteiger partial charge on any atom is -0.492 e. The maximum Gasteiger partial charge on any atom is 0.142 e. The van der Waals surface area contributed by atoms with Crippen LogP contribution in [0.3, 0.4) is 0 Å². The Morgan fingerprint density at radius 1 is 1.67 bits per heavy atom. The second-order valence-electron chi connectivity index (χ2n) is 3.10. The first-order valence-corrected chi connectivity index (χ1v) is 4.91. The molecule has 1 aromatic heterocycles. The summed E-state index contributed by atoms with van der Waals surface area (Å²) in [6.07, 6.45) is 2.48. The zero-order chi connectivity index (χ0) is 11.1. The van der Waals surface area contributed by atoms with Gasteiger partial charge in [0.2, 0.25) is 0 Å². The molecule has 15 heavy (non-hydrogen) atoms. The molecule has 1 N–H and O–H groups in total. The van der Waals surface area contributed by atoms with Crippen LogP contribution >= 0.6 is 0 Å². The number of aromatic nitrogens is 1. The Morgan fingerprint density at radius 2 is 2.47 bits per heavy atom. The fraction of sp³-hybridized carbons (Fsp3) is 0.455. The first kappa shape index (κ1) is 11.5. The lowest BCUT2D eigenvalue weighted by Crippen LogP contribution is -2.07. The zero-order valence-corrected chi connectivity index (χ0v) is 8.68. The largest absolute Gasteiger partial charge is 0.492 e. The molecule has 1 rings (SSSR count). The van der Waals surface area contributed by atoms with Crippen molar-refractivity contribution in [2.45, 2.75) is 19.3 Å². The lowest BCUT2D eigenvalue weighted by Gasteiger charge is -2.11. The lowest BCUT2D eigenvalue weighted by atomic mass is 10.1. The van der Waals surface area contributed by atoms with Crippen LogP contribution in [0.1, 0.15) is 25.0 Å². The average Bonchev–Trinajstić information content (AvgIpc) is 2.29. The molecule has 0 aliphatic heterocycles. The summed E-state index contributed by atoms with van der Waals surface area (Å²) in [7, 11) is 0. The summed E-state index contributed by atoms with van der Waals surface area (Å²) >= 11 is 0. The summed E-state index contributed by atoms with van der Waals surface area (Å²) in [6, 6.07) is 5.50. The first-order valence-electron chi connectivity index (χ1n) is 4.91. The minimum absolute atomic E-state index is 0.240. The molecule has 0 aliphatic rings. The number of pyridine rings is 1. The number of aliphatic hydroxyl groups excluding tert-OH is 1. The topological polar surface area (TPSA) is 66.1 Å². The molecule has 0 saturated carbocycles. The molecule has 0 amide bonds. The molecule has 1 heterocycles. The highest BCUT2D eigenvalue weighted by atomic mass is 16.5. The van der Waals surface area contributed by atoms with Crippen LogP contribution in [0.2, 0.25) is 0 Å². The number of aliphatic hydroxyl groups is 1. The van der Waals surface area contributed by atoms with Crippen molar-refractivity contribution in [3.63, 3.8) is 0 Å². The number of ether oxygens (including phenoxy) is 1. The Kier molecular flexibility index (Phi) is 4.58. The SMILES string of the molecule is CCCOc1cccnc1C(C#N)CO. The van der Waals surface area contributed by atoms with Gasteiger partial charge >= 0.3 is 0 Å². The Bertz CT molecular complexity index is 347. The van der Waals surface area contributed by atoms with Crippen molar-refractivity contribution in [2.24, 2.45) is 0 Å². The number of nitriles is 1. The van der Waals surface area contributed by atoms with Crippen LogP contribution in [0.15, 0.2) is 18.3 Å². The average molecular weight is 206 g/mol. The normalized spacial score (nSPS) is 11.8. The van der Waals surface area contributed by atoms with E-state index in [0.717, 1.165) is 6.42 Å². The maximum atomic E-state index is 9.01. The quantitative estimate of drug-likeness (QED) is 0.792. The van der Waals surface area contributed by atoms with Gasteiger partial charge in [0, 0.05) is 6.20 Å². The molecule has 0 aromatic carbocycles. The van der Waals surface area contributed by atoms with Crippen LogP contribution in [0.4, 0.5) is 0 Å². The Morgan fingerprint density at radius 3 is 3.07 bits per heavy atom. The minimum atomic E-state index is -0.613. The van der Waals surface area contributed by atoms with Crippen molar-refractivity contribution >= 4 is 0 Å². The molecule has 0 spiro atoms. The smallest absolute Gasteiger partial charge is 0.142 e. The molecule has 80 valence electrons. The predicted molar refractivity (Wildman–Crippen MR) is 55.5 cm³/mol. The molecular formula is C11H14N2O2. The standard InChI is InChI=1S/C11H14N2O2/c1-2-6-15-10-4-3-5-13-11(10)9(7-12)8-14/h3-5,9,14H,2,6,8H2,1H3. The first-order chi connectivity index (χ1) is 7.33. The molecule has 0 saturated heterocycles. The monoisotopic (exact) mass is 206 g/mol. The second-order valence-corrected chi connectivity index (χ2v) is 3.10. The van der Waals surface area contributed by atoms with Gasteiger partial charge in [-0.05, 0) is 18.6 Å². The third-order valence-corrected chi connectivity index (χ3v) is 1.93. The van der Waals surface area contributed by atoms with Crippen LogP contribution in [0, 0.1) is 11.3 Å². The fourth-order valence-corrected chi connectivity index (χ4v) is 1.19. The molecule has 0 bridgehead atoms. The highest BCUT2D eigenvalue weighted by Gasteiger charge is 2.15. The van der Waals surface area contributed by atoms with Crippen LogP contribution in [-0.4, -0.2) is 23.3 Å². The summed E-state index contributed by atoms with van der Waals surface area (Å²) in [5.74, 6) is -0.0296. The summed E-state index contributed by atoms with van der Waals surface area (Å²) in [5.41, 5.74) is 0.510. The van der Waals surface area contributed by atoms with E-state index in [9.17, 15) is 0 Å². The van der Waals surface area contributed by atoms with E-state index in [1.54, 1.807) is 18.3 Å². The van der Waals surface area contributed by atoms with Gasteiger partial charge in [-0.3, -0.25) is 4.98 Å². The number of nitrogens with zero attached hydrogens (tertiary/aromatic N) is 2. The molecule has 1 unspecified atom stereocenters. The molecule has 4 nitrogen and oxygen atoms in total. The molecular weight excluding hydrogens is 192 g/mol. The van der Waals surface area contributed by atoms with E-state index in [1.807, 2.05) is 13.0 Å². The summed E-state index contributed by atoms with van der Waals surface area (Å²) < 4.78 is 5.45. The van der Waals surface area contributed by atoms with E-state index < -0.39 is 5.92 Å². The van der Waals surface area contributed by atoms with E-state index in [2.05, 4.69) is 4.98 Å². The maximum absolute atomic E-state index is 9.01. The van der Waals surface area contributed by atoms with E-state index in [-0.39, 0.29) is 6.61 Å². The van der Waals surface area contributed by atoms with Gasteiger partial charge in [0.25, 0.3) is 0 Å². The van der Waals surface area contributed by atoms with E-state index >= 15 is 0 Å². The number of hydrogen-bond donors (Lipinski definition) is 1. The van der Waals surface area contributed by atoms with E-state index in [0.29, 0.717) is 18.1 Å². The van der Waals surface area contributed by atoms with Crippen LogP contribution in [0.5, 0.6) is 5.75 Å². The van der Waals surface area contributed by atoms with Gasteiger partial charge in [0.1, 0.15) is 17.4 Å². The van der Waals surface area contributed by atoms with Gasteiger partial charge in [-0.2, -0.15) is 5.26 Å². The third-order valence-electron chi connectivity index (χ3n) is 1.93. The lowest BCUT2D eigenvalue weighted by molar-refractivity contribution is 0.273. The van der Waals surface area contributed by atoms with Crippen LogP contribution in [0.25, 0.3) is 0 Å². The van der Waals surface area contributed by atoms with Crippen LogP contribution in [-0.2, 0) is 0 Å². The van der Waals surface area contributed by atoms with Crippen molar-refractivity contribution in [1.82, 2.24) is 4.98 Å². The number of hydrogen-bond acceptors (Lipinski definition) is 4. The molecule has 4 heteroatoms. The van der Waals surface area contributed by atoms with Gasteiger partial charge in [-0.15, -0.1) is 0 Å². The zero-order valence-electron chi connectivity index (χ0n) is 8.68. The van der Waals surface area contributed by atoms with Gasteiger partial charge < -0.3 is 9.84 Å². The predicted octanol–water partition coefficient (Wildman–Crippen LogP) is 1.47. The molecule has 0 fully saturated rings. The van der Waals surface area contributed by atoms with Gasteiger partial charge in [0.05, 0.1) is 19.3 Å². The summed E-state index contributed by atoms with van der Waals surface area (Å²) in [6.45, 7) is 2.35. The summed E-state index contributed by atoms with van der Waals surface area (Å²) in [4.78, 5) is 4.07. The Labute approximate surface area is 89.1 Å². The van der Waals surface area contributed by atoms with Gasteiger partial charge in [-0.25, -0.2) is 0 Å². The van der Waals surface area contributed by atoms with Crippen molar-refractivity contribution in [3.05, 3.63) is 24.0 Å². The Balaban J connectivity index is 2.90. The highest BCUT2D eigenvalue weighted by molar-refractivity contribution is 5.33. The fourth-order valence-electron chi connectivity index (χ4n) is 1.19. The second kappa shape index (κ2) is 5.99. The van der Waals surface area contributed by atoms with E-state index in [1.165, 1.54) is 0 Å². The highest BCUT2D eigenvalue weighted by Crippen LogP contribution is 2.23. The molecule has 0 aliphatic carbocycles. The van der Waals surface area contributed by atoms with Crippen LogP contribution < -0.4 is 4.74 Å². The molecule has 1 atom stereocenters. The van der Waals surface area contributed by atoms with Gasteiger partial charge in [-0.1, -0.05) is 6.92 Å².